The van der Waals surface area contributed by atoms with Crippen LogP contribution in [0.15, 0.2) is 84.9 Å². The van der Waals surface area contributed by atoms with E-state index in [0.29, 0.717) is 72.6 Å². The first-order chi connectivity index (χ1) is 29.9. The maximum Gasteiger partial charge on any atom is 0.167 e. The Morgan fingerprint density at radius 3 is 1.35 bits per heavy atom. The van der Waals surface area contributed by atoms with Crippen molar-refractivity contribution in [3.8, 4) is 11.5 Å². The Labute approximate surface area is 365 Å². The third kappa shape index (κ3) is 11.0. The Balaban J connectivity index is 1.51. The third-order valence-corrected chi connectivity index (χ3v) is 13.2. The highest BCUT2D eigenvalue weighted by atomic mass is 19.1. The molecule has 9 nitrogen and oxygen atoms in total. The lowest BCUT2D eigenvalue weighted by Gasteiger charge is -2.48. The number of ketones is 3. The molecule has 0 saturated carbocycles. The van der Waals surface area contributed by atoms with Crippen LogP contribution in [-0.4, -0.2) is 103 Å². The molecule has 2 fully saturated rings. The van der Waals surface area contributed by atoms with E-state index in [4.69, 9.17) is 0 Å². The molecule has 2 aliphatic heterocycles. The van der Waals surface area contributed by atoms with Gasteiger partial charge < -0.3 is 30.6 Å². The summed E-state index contributed by atoms with van der Waals surface area (Å²) in [6.45, 7) is 13.4. The van der Waals surface area contributed by atoms with Crippen LogP contribution in [0.5, 0.6) is 11.5 Å². The molecule has 62 heavy (non-hydrogen) atoms. The van der Waals surface area contributed by atoms with E-state index in [1.807, 2.05) is 12.1 Å². The van der Waals surface area contributed by atoms with Crippen LogP contribution in [-0.2, 0) is 4.79 Å². The van der Waals surface area contributed by atoms with E-state index >= 15 is 13.6 Å². The minimum Gasteiger partial charge on any atom is -0.508 e. The van der Waals surface area contributed by atoms with Gasteiger partial charge in [-0.05, 0) is 137 Å². The summed E-state index contributed by atoms with van der Waals surface area (Å²) >= 11 is 0. The number of nitrogens with one attached hydrogen (secondary N) is 2. The fourth-order valence-corrected chi connectivity index (χ4v) is 10.1. The largest absolute Gasteiger partial charge is 0.508 e. The molecular formula is C51H64F2N4O5. The molecule has 0 aliphatic carbocycles. The molecule has 2 saturated heterocycles. The molecule has 0 aromatic heterocycles. The van der Waals surface area contributed by atoms with Crippen LogP contribution in [0.4, 0.5) is 8.78 Å². The first kappa shape index (κ1) is 46.7. The summed E-state index contributed by atoms with van der Waals surface area (Å²) in [6.07, 6.45) is 3.43. The standard InChI is InChI=1S/C51H64F2N4O5/c1-5-54-23-7-9-25-56-29-41(49(60)35-15-11-17-37(58)27-35)47(39-19-13-21-45(52)33(39)3)43(31-56)51(62)44-32-57(26-10-8-24-55-6-2)30-42(50(61)36-16-12-18-38(59)28-36)48(44)40-20-14-22-46(53)34(40)4/h11-22,27-28,41-44,47-48,54-55,58-59H,5-10,23-26,29-32H2,1-4H3. The molecule has 0 radical (unpaired) electrons. The van der Waals surface area contributed by atoms with Crippen molar-refractivity contribution in [1.29, 1.82) is 0 Å². The lowest BCUT2D eigenvalue weighted by Crippen LogP contribution is -2.56. The third-order valence-electron chi connectivity index (χ3n) is 13.2. The number of phenolic OH excluding ortho intramolecular Hbond substituents is 2. The van der Waals surface area contributed by atoms with E-state index in [2.05, 4.69) is 34.3 Å². The zero-order chi connectivity index (χ0) is 44.3. The molecule has 6 atom stereocenters. The predicted octanol–water partition coefficient (Wildman–Crippen LogP) is 8.07. The highest BCUT2D eigenvalue weighted by Gasteiger charge is 2.51. The number of rotatable bonds is 20. The molecule has 0 amide bonds. The maximum atomic E-state index is 16.2. The smallest absolute Gasteiger partial charge is 0.167 e. The number of nitrogens with zero attached hydrogens (tertiary/aromatic N) is 2. The van der Waals surface area contributed by atoms with Gasteiger partial charge >= 0.3 is 0 Å². The molecule has 2 aliphatic rings. The van der Waals surface area contributed by atoms with E-state index < -0.39 is 47.1 Å². The van der Waals surface area contributed by atoms with E-state index in [-0.39, 0.29) is 28.8 Å². The van der Waals surface area contributed by atoms with Crippen molar-refractivity contribution in [1.82, 2.24) is 20.4 Å². The lowest BCUT2D eigenvalue weighted by molar-refractivity contribution is -0.133. The van der Waals surface area contributed by atoms with Gasteiger partial charge in [0, 0.05) is 72.8 Å². The summed E-state index contributed by atoms with van der Waals surface area (Å²) < 4.78 is 31.4. The molecule has 332 valence electrons. The number of hydrogen-bond donors (Lipinski definition) is 4. The number of aromatic hydroxyl groups is 2. The number of carbonyl (C=O) groups is 3. The molecule has 6 rings (SSSR count). The second kappa shape index (κ2) is 22.0. The summed E-state index contributed by atoms with van der Waals surface area (Å²) in [7, 11) is 0. The first-order valence-corrected chi connectivity index (χ1v) is 22.5. The van der Waals surface area contributed by atoms with Crippen LogP contribution >= 0.6 is 0 Å². The van der Waals surface area contributed by atoms with Crippen LogP contribution in [0, 0.1) is 49.2 Å². The van der Waals surface area contributed by atoms with Crippen LogP contribution < -0.4 is 10.6 Å². The van der Waals surface area contributed by atoms with Crippen LogP contribution in [0.2, 0.25) is 0 Å². The number of unbranched alkanes of at least 4 members (excludes halogenated alkanes) is 2. The Hall–Kier alpha value is -4.81. The fourth-order valence-electron chi connectivity index (χ4n) is 10.1. The van der Waals surface area contributed by atoms with Gasteiger partial charge in [-0.25, -0.2) is 8.78 Å². The quantitative estimate of drug-likeness (QED) is 0.0517. The van der Waals surface area contributed by atoms with Gasteiger partial charge in [-0.2, -0.15) is 0 Å². The minimum atomic E-state index is -0.809. The summed E-state index contributed by atoms with van der Waals surface area (Å²) in [5.74, 6) is -6.28. The highest BCUT2D eigenvalue weighted by Crippen LogP contribution is 2.48. The molecule has 4 aromatic rings. The number of piperidine rings is 2. The van der Waals surface area contributed by atoms with Crippen molar-refractivity contribution in [3.63, 3.8) is 0 Å². The zero-order valence-electron chi connectivity index (χ0n) is 36.7. The Kier molecular flexibility index (Phi) is 16.6. The highest BCUT2D eigenvalue weighted by molar-refractivity contribution is 6.01. The Morgan fingerprint density at radius 1 is 0.581 bits per heavy atom. The summed E-state index contributed by atoms with van der Waals surface area (Å²) in [4.78, 5) is 50.4. The van der Waals surface area contributed by atoms with Gasteiger partial charge in [0.15, 0.2) is 11.6 Å². The lowest BCUT2D eigenvalue weighted by atomic mass is 9.62. The number of hydrogen-bond acceptors (Lipinski definition) is 9. The van der Waals surface area contributed by atoms with Gasteiger partial charge in [0.2, 0.25) is 0 Å². The van der Waals surface area contributed by atoms with Gasteiger partial charge in [0.25, 0.3) is 0 Å². The second-order valence-corrected chi connectivity index (χ2v) is 17.3. The van der Waals surface area contributed by atoms with Crippen LogP contribution in [0.3, 0.4) is 0 Å². The maximum absolute atomic E-state index is 16.2. The molecule has 2 heterocycles. The number of benzene rings is 4. The molecule has 0 spiro atoms. The van der Waals surface area contributed by atoms with Crippen molar-refractivity contribution < 1.29 is 33.4 Å². The average Bonchev–Trinajstić information content (AvgIpc) is 3.27. The van der Waals surface area contributed by atoms with E-state index in [9.17, 15) is 19.8 Å². The van der Waals surface area contributed by atoms with Crippen molar-refractivity contribution in [2.75, 3.05) is 65.4 Å². The average molecular weight is 851 g/mol. The number of halogens is 2. The zero-order valence-corrected chi connectivity index (χ0v) is 36.7. The fraction of sp³-hybridized carbons (Fsp3) is 0.471. The van der Waals surface area contributed by atoms with Crippen LogP contribution in [0.25, 0.3) is 0 Å². The SMILES string of the molecule is CCNCCCCN1CC(C(=O)c2cccc(O)c2)C(c2cccc(F)c2C)C(C(=O)C2CN(CCCCNCC)CC(C(=O)c3cccc(O)c3)C2c2cccc(F)c2C)C1. The molecule has 4 N–H and O–H groups in total. The normalized spacial score (nSPS) is 22.1. The predicted molar refractivity (Wildman–Crippen MR) is 240 cm³/mol. The monoisotopic (exact) mass is 850 g/mol. The number of Topliss-reactive ketones (excluding diaryl/α,β-unsaturated/α-hetero) is 3. The second-order valence-electron chi connectivity index (χ2n) is 17.3. The van der Waals surface area contributed by atoms with Gasteiger partial charge in [-0.3, -0.25) is 14.4 Å². The minimum absolute atomic E-state index is 0.0541. The van der Waals surface area contributed by atoms with Crippen molar-refractivity contribution in [2.45, 2.75) is 65.2 Å². The first-order valence-electron chi connectivity index (χ1n) is 22.5. The van der Waals surface area contributed by atoms with Gasteiger partial charge in [-0.1, -0.05) is 62.4 Å². The topological polar surface area (TPSA) is 122 Å². The molecule has 4 aromatic carbocycles. The van der Waals surface area contributed by atoms with Crippen molar-refractivity contribution in [2.24, 2.45) is 23.7 Å². The van der Waals surface area contributed by atoms with Gasteiger partial charge in [0.1, 0.15) is 28.9 Å². The summed E-state index contributed by atoms with van der Waals surface area (Å²) in [6, 6.07) is 22.1. The van der Waals surface area contributed by atoms with E-state index in [0.717, 1.165) is 51.9 Å². The molecule has 6 unspecified atom stereocenters. The number of phenols is 2. The Morgan fingerprint density at radius 2 is 0.968 bits per heavy atom. The Bertz CT molecular complexity index is 2020. The molecule has 11 heteroatoms. The molecular weight excluding hydrogens is 787 g/mol. The van der Waals surface area contributed by atoms with E-state index in [1.165, 1.54) is 36.4 Å². The molecule has 0 bridgehead atoms. The van der Waals surface area contributed by atoms with Gasteiger partial charge in [0.05, 0.1) is 0 Å². The van der Waals surface area contributed by atoms with Crippen LogP contribution in [0.1, 0.15) is 94.3 Å². The number of carbonyl (C=O) groups excluding carboxylic acids is 3. The summed E-state index contributed by atoms with van der Waals surface area (Å²) in [5, 5.41) is 27.7. The van der Waals surface area contributed by atoms with Gasteiger partial charge in [-0.15, -0.1) is 0 Å². The van der Waals surface area contributed by atoms with Crippen molar-refractivity contribution in [3.05, 3.63) is 130 Å². The summed E-state index contributed by atoms with van der Waals surface area (Å²) in [5.41, 5.74) is 2.50. The van der Waals surface area contributed by atoms with E-state index in [1.54, 1.807) is 50.2 Å². The van der Waals surface area contributed by atoms with Crippen molar-refractivity contribution >= 4 is 17.3 Å². The number of likely N-dealkylation sites (tertiary alicyclic amines) is 2.